The average Bonchev–Trinajstić information content (AvgIpc) is 2.95. The van der Waals surface area contributed by atoms with Crippen molar-refractivity contribution in [3.63, 3.8) is 0 Å². The van der Waals surface area contributed by atoms with Gasteiger partial charge in [-0.15, -0.1) is 0 Å². The first-order chi connectivity index (χ1) is 10.0. The van der Waals surface area contributed by atoms with Crippen molar-refractivity contribution in [2.24, 2.45) is 5.92 Å². The number of pyridine rings is 1. The lowest BCUT2D eigenvalue weighted by Crippen LogP contribution is -2.38. The first-order valence-corrected chi connectivity index (χ1v) is 8.12. The van der Waals surface area contributed by atoms with E-state index >= 15 is 0 Å². The van der Waals surface area contributed by atoms with E-state index in [2.05, 4.69) is 31.1 Å². The summed E-state index contributed by atoms with van der Waals surface area (Å²) in [6, 6.07) is 2.09. The number of nitrogens with zero attached hydrogens (tertiary/aromatic N) is 2. The molecule has 21 heavy (non-hydrogen) atoms. The van der Waals surface area contributed by atoms with Gasteiger partial charge in [0, 0.05) is 25.3 Å². The number of hydrogen-bond donors (Lipinski definition) is 1. The van der Waals surface area contributed by atoms with Crippen LogP contribution in [0.3, 0.4) is 0 Å². The van der Waals surface area contributed by atoms with E-state index in [9.17, 15) is 4.79 Å². The Morgan fingerprint density at radius 3 is 3.00 bits per heavy atom. The summed E-state index contributed by atoms with van der Waals surface area (Å²) in [7, 11) is 0. The lowest BCUT2D eigenvalue weighted by molar-refractivity contribution is 0.0701. The summed E-state index contributed by atoms with van der Waals surface area (Å²) in [6.45, 7) is 8.07. The number of likely N-dealkylation sites (tertiary alicyclic amines) is 1. The van der Waals surface area contributed by atoms with Gasteiger partial charge in [0.2, 0.25) is 0 Å². The third kappa shape index (κ3) is 3.67. The Hall–Kier alpha value is -1.29. The second-order valence-electron chi connectivity index (χ2n) is 5.93. The lowest BCUT2D eigenvalue weighted by atomic mass is 10.0. The minimum atomic E-state index is 0.0261. The fraction of sp³-hybridized carbons (Fsp3) is 0.625. The van der Waals surface area contributed by atoms with Crippen molar-refractivity contribution in [1.29, 1.82) is 0 Å². The zero-order valence-electron chi connectivity index (χ0n) is 13.0. The topological polar surface area (TPSA) is 45.2 Å². The molecule has 1 atom stereocenters. The molecule has 1 fully saturated rings. The first-order valence-electron chi connectivity index (χ1n) is 7.75. The molecule has 1 aromatic rings. The second kappa shape index (κ2) is 7.12. The molecule has 2 rings (SSSR count). The number of anilines is 1. The second-order valence-corrected chi connectivity index (χ2v) is 6.34. The van der Waals surface area contributed by atoms with Crippen LogP contribution >= 0.6 is 11.6 Å². The first kappa shape index (κ1) is 16.1. The highest BCUT2D eigenvalue weighted by Gasteiger charge is 2.32. The fourth-order valence-electron chi connectivity index (χ4n) is 2.84. The van der Waals surface area contributed by atoms with Crippen molar-refractivity contribution in [2.75, 3.05) is 18.4 Å². The largest absolute Gasteiger partial charge is 0.370 e. The zero-order valence-corrected chi connectivity index (χ0v) is 13.8. The number of hydrogen-bond acceptors (Lipinski definition) is 3. The SMILES string of the molecule is CCCNc1cc(C(=O)N2CCCC2C(C)C)c(Cl)cn1. The van der Waals surface area contributed by atoms with Crippen LogP contribution in [0.5, 0.6) is 0 Å². The Labute approximate surface area is 131 Å². The number of carbonyl (C=O) groups is 1. The smallest absolute Gasteiger partial charge is 0.255 e. The molecule has 1 aliphatic rings. The summed E-state index contributed by atoms with van der Waals surface area (Å²) in [4.78, 5) is 19.0. The van der Waals surface area contributed by atoms with Gasteiger partial charge in [-0.05, 0) is 31.2 Å². The van der Waals surface area contributed by atoms with Crippen molar-refractivity contribution < 1.29 is 4.79 Å². The number of aromatic nitrogens is 1. The maximum atomic E-state index is 12.8. The van der Waals surface area contributed by atoms with Crippen LogP contribution in [0, 0.1) is 5.92 Å². The van der Waals surface area contributed by atoms with Gasteiger partial charge in [0.05, 0.1) is 10.6 Å². The molecule has 0 aliphatic carbocycles. The van der Waals surface area contributed by atoms with Crippen LogP contribution < -0.4 is 5.32 Å². The summed E-state index contributed by atoms with van der Waals surface area (Å²) in [5.41, 5.74) is 0.554. The molecule has 4 nitrogen and oxygen atoms in total. The summed E-state index contributed by atoms with van der Waals surface area (Å²) >= 11 is 6.19. The average molecular weight is 310 g/mol. The molecule has 1 saturated heterocycles. The third-order valence-corrected chi connectivity index (χ3v) is 4.27. The van der Waals surface area contributed by atoms with Crippen LogP contribution in [0.25, 0.3) is 0 Å². The maximum absolute atomic E-state index is 12.8. The minimum absolute atomic E-state index is 0.0261. The summed E-state index contributed by atoms with van der Waals surface area (Å²) < 4.78 is 0. The Morgan fingerprint density at radius 2 is 2.33 bits per heavy atom. The van der Waals surface area contributed by atoms with E-state index in [1.807, 2.05) is 4.90 Å². The van der Waals surface area contributed by atoms with Gasteiger partial charge in [0.25, 0.3) is 5.91 Å². The Kier molecular flexibility index (Phi) is 5.45. The normalized spacial score (nSPS) is 18.3. The molecule has 1 unspecified atom stereocenters. The number of halogens is 1. The highest BCUT2D eigenvalue weighted by Crippen LogP contribution is 2.28. The van der Waals surface area contributed by atoms with Crippen LogP contribution in [0.15, 0.2) is 12.3 Å². The van der Waals surface area contributed by atoms with Crippen molar-refractivity contribution in [3.8, 4) is 0 Å². The molecule has 0 aromatic carbocycles. The van der Waals surface area contributed by atoms with Crippen molar-refractivity contribution in [1.82, 2.24) is 9.88 Å². The van der Waals surface area contributed by atoms with Gasteiger partial charge in [-0.2, -0.15) is 0 Å². The van der Waals surface area contributed by atoms with Gasteiger partial charge in [0.1, 0.15) is 5.82 Å². The van der Waals surface area contributed by atoms with Crippen molar-refractivity contribution in [2.45, 2.75) is 46.1 Å². The van der Waals surface area contributed by atoms with Crippen LogP contribution in [0.2, 0.25) is 5.02 Å². The maximum Gasteiger partial charge on any atom is 0.255 e. The van der Waals surface area contributed by atoms with E-state index in [4.69, 9.17) is 11.6 Å². The number of rotatable bonds is 5. The summed E-state index contributed by atoms with van der Waals surface area (Å²) in [6.07, 6.45) is 4.72. The molecule has 0 spiro atoms. The molecule has 1 amide bonds. The minimum Gasteiger partial charge on any atom is -0.370 e. The molecule has 1 aromatic heterocycles. The molecular weight excluding hydrogens is 286 g/mol. The van der Waals surface area contributed by atoms with Crippen LogP contribution in [-0.4, -0.2) is 34.9 Å². The molecule has 0 saturated carbocycles. The van der Waals surface area contributed by atoms with Crippen molar-refractivity contribution >= 4 is 23.3 Å². The molecule has 1 aliphatic heterocycles. The van der Waals surface area contributed by atoms with Gasteiger partial charge in [-0.1, -0.05) is 32.4 Å². The molecule has 116 valence electrons. The number of carbonyl (C=O) groups excluding carboxylic acids is 1. The Balaban J connectivity index is 2.21. The molecule has 2 heterocycles. The van der Waals surface area contributed by atoms with Crippen LogP contribution in [0.4, 0.5) is 5.82 Å². The summed E-state index contributed by atoms with van der Waals surface area (Å²) in [5.74, 6) is 1.21. The third-order valence-electron chi connectivity index (χ3n) is 3.97. The van der Waals surface area contributed by atoms with E-state index in [1.54, 1.807) is 12.3 Å². The monoisotopic (exact) mass is 309 g/mol. The van der Waals surface area contributed by atoms with Gasteiger partial charge < -0.3 is 10.2 Å². The molecule has 5 heteroatoms. The predicted octanol–water partition coefficient (Wildman–Crippen LogP) is 3.82. The molecular formula is C16H24ClN3O. The van der Waals surface area contributed by atoms with Gasteiger partial charge in [0.15, 0.2) is 0 Å². The van der Waals surface area contributed by atoms with E-state index in [-0.39, 0.29) is 5.91 Å². The fourth-order valence-corrected chi connectivity index (χ4v) is 3.03. The molecule has 1 N–H and O–H groups in total. The number of nitrogens with one attached hydrogen (secondary N) is 1. The summed E-state index contributed by atoms with van der Waals surface area (Å²) in [5, 5.41) is 3.63. The highest BCUT2D eigenvalue weighted by atomic mass is 35.5. The van der Waals surface area contributed by atoms with Gasteiger partial charge in [-0.3, -0.25) is 4.79 Å². The Morgan fingerprint density at radius 1 is 1.57 bits per heavy atom. The quantitative estimate of drug-likeness (QED) is 0.899. The predicted molar refractivity (Wildman–Crippen MR) is 86.9 cm³/mol. The van der Waals surface area contributed by atoms with Crippen LogP contribution in [0.1, 0.15) is 50.4 Å². The molecule has 0 bridgehead atoms. The van der Waals surface area contributed by atoms with Gasteiger partial charge >= 0.3 is 0 Å². The molecule has 0 radical (unpaired) electrons. The van der Waals surface area contributed by atoms with Crippen molar-refractivity contribution in [3.05, 3.63) is 22.8 Å². The van der Waals surface area contributed by atoms with Gasteiger partial charge in [-0.25, -0.2) is 4.98 Å². The standard InChI is InChI=1S/C16H24ClN3O/c1-4-7-18-15-9-12(13(17)10-19-15)16(21)20-8-5-6-14(20)11(2)3/h9-11,14H,4-8H2,1-3H3,(H,18,19). The Bertz CT molecular complexity index is 504. The van der Waals surface area contributed by atoms with E-state index in [0.29, 0.717) is 28.4 Å². The number of amides is 1. The van der Waals surface area contributed by atoms with E-state index < -0.39 is 0 Å². The lowest BCUT2D eigenvalue weighted by Gasteiger charge is -2.28. The zero-order chi connectivity index (χ0) is 15.4. The van der Waals surface area contributed by atoms with E-state index in [1.165, 1.54) is 0 Å². The van der Waals surface area contributed by atoms with Crippen LogP contribution in [-0.2, 0) is 0 Å². The van der Waals surface area contributed by atoms with E-state index in [0.717, 1.165) is 32.4 Å². The highest BCUT2D eigenvalue weighted by molar-refractivity contribution is 6.33.